The van der Waals surface area contributed by atoms with Crippen LogP contribution in [0.2, 0.25) is 5.02 Å². The predicted octanol–water partition coefficient (Wildman–Crippen LogP) is 5.19. The van der Waals surface area contributed by atoms with E-state index in [1.165, 1.54) is 18.2 Å². The molecule has 0 aromatic heterocycles. The number of carbonyl (C=O) groups is 1. The van der Waals surface area contributed by atoms with Gasteiger partial charge in [-0.25, -0.2) is 8.42 Å². The van der Waals surface area contributed by atoms with Crippen LogP contribution in [-0.2, 0) is 14.8 Å². The highest BCUT2D eigenvalue weighted by molar-refractivity contribution is 9.10. The third-order valence-electron chi connectivity index (χ3n) is 4.36. The fraction of sp³-hybridized carbons (Fsp3) is 0.130. The lowest BCUT2D eigenvalue weighted by Crippen LogP contribution is -2.21. The molecule has 0 unspecified atom stereocenters. The maximum atomic E-state index is 12.9. The molecule has 3 rings (SSSR count). The number of nitrogens with zero attached hydrogens (tertiary/aromatic N) is 1. The van der Waals surface area contributed by atoms with Crippen molar-refractivity contribution in [2.45, 2.75) is 11.8 Å². The van der Waals surface area contributed by atoms with Gasteiger partial charge in [0.2, 0.25) is 0 Å². The minimum absolute atomic E-state index is 0.0924. The average molecular weight is 565 g/mol. The molecule has 2 N–H and O–H groups in total. The first kappa shape index (κ1) is 25.4. The number of carbonyl (C=O) groups excluding carboxylic acids is 1. The van der Waals surface area contributed by atoms with E-state index in [0.29, 0.717) is 33.8 Å². The maximum absolute atomic E-state index is 12.9. The minimum atomic E-state index is -3.97. The number of hydrogen-bond acceptors (Lipinski definition) is 6. The molecule has 0 aliphatic heterocycles. The van der Waals surface area contributed by atoms with Gasteiger partial charge in [-0.3, -0.25) is 9.52 Å². The van der Waals surface area contributed by atoms with Crippen molar-refractivity contribution < 1.29 is 22.7 Å². The normalized spacial score (nSPS) is 10.8. The van der Waals surface area contributed by atoms with E-state index >= 15 is 0 Å². The van der Waals surface area contributed by atoms with Crippen molar-refractivity contribution in [3.05, 3.63) is 75.7 Å². The van der Waals surface area contributed by atoms with E-state index in [1.807, 2.05) is 13.0 Å². The molecule has 34 heavy (non-hydrogen) atoms. The Labute approximate surface area is 210 Å². The SMILES string of the molecule is CCOc1ccc(NS(=O)(=O)c2ccc(Cl)c(NC(=O)COc3ccc(C#N)cc3)c2)cc1Br. The summed E-state index contributed by atoms with van der Waals surface area (Å²) >= 11 is 9.50. The second kappa shape index (κ2) is 11.2. The number of nitriles is 1. The zero-order valence-corrected chi connectivity index (χ0v) is 21.0. The van der Waals surface area contributed by atoms with Crippen LogP contribution in [-0.4, -0.2) is 27.5 Å². The standard InChI is InChI=1S/C23H19BrClN3O5S/c1-2-32-22-10-5-16(11-19(22)24)28-34(30,31)18-8-9-20(25)21(12-18)27-23(29)14-33-17-6-3-15(13-26)4-7-17/h3-12,28H,2,14H2,1H3,(H,27,29). The van der Waals surface area contributed by atoms with E-state index in [9.17, 15) is 13.2 Å². The lowest BCUT2D eigenvalue weighted by Gasteiger charge is -2.13. The summed E-state index contributed by atoms with van der Waals surface area (Å²) in [5, 5.41) is 11.5. The molecule has 0 bridgehead atoms. The first-order valence-corrected chi connectivity index (χ1v) is 12.5. The van der Waals surface area contributed by atoms with Gasteiger partial charge in [0.1, 0.15) is 11.5 Å². The summed E-state index contributed by atoms with van der Waals surface area (Å²) in [6, 6.07) is 17.0. The third-order valence-corrected chi connectivity index (χ3v) is 6.69. The largest absolute Gasteiger partial charge is 0.493 e. The highest BCUT2D eigenvalue weighted by Crippen LogP contribution is 2.30. The Hall–Kier alpha value is -3.26. The summed E-state index contributed by atoms with van der Waals surface area (Å²) in [4.78, 5) is 12.2. The van der Waals surface area contributed by atoms with Gasteiger partial charge in [-0.05, 0) is 83.5 Å². The molecule has 11 heteroatoms. The second-order valence-corrected chi connectivity index (χ2v) is 9.74. The number of anilines is 2. The number of hydrogen-bond donors (Lipinski definition) is 2. The summed E-state index contributed by atoms with van der Waals surface area (Å²) in [6.45, 7) is 1.98. The Morgan fingerprint density at radius 1 is 1.09 bits per heavy atom. The fourth-order valence-corrected chi connectivity index (χ4v) is 4.51. The third kappa shape index (κ3) is 6.63. The first-order valence-electron chi connectivity index (χ1n) is 9.89. The van der Waals surface area contributed by atoms with Crippen LogP contribution in [0, 0.1) is 11.3 Å². The van der Waals surface area contributed by atoms with Gasteiger partial charge in [0.15, 0.2) is 6.61 Å². The van der Waals surface area contributed by atoms with Crippen molar-refractivity contribution in [1.82, 2.24) is 0 Å². The van der Waals surface area contributed by atoms with Crippen molar-refractivity contribution in [3.8, 4) is 17.6 Å². The van der Waals surface area contributed by atoms with Crippen molar-refractivity contribution in [3.63, 3.8) is 0 Å². The summed E-state index contributed by atoms with van der Waals surface area (Å²) < 4.78 is 39.6. The molecule has 0 heterocycles. The van der Waals surface area contributed by atoms with E-state index in [1.54, 1.807) is 42.5 Å². The Kier molecular flexibility index (Phi) is 8.39. The molecule has 1 amide bonds. The van der Waals surface area contributed by atoms with Crippen LogP contribution in [0.4, 0.5) is 11.4 Å². The van der Waals surface area contributed by atoms with Gasteiger partial charge >= 0.3 is 0 Å². The van der Waals surface area contributed by atoms with E-state index < -0.39 is 15.9 Å². The highest BCUT2D eigenvalue weighted by Gasteiger charge is 2.18. The Morgan fingerprint density at radius 3 is 2.47 bits per heavy atom. The van der Waals surface area contributed by atoms with Crippen molar-refractivity contribution in [2.24, 2.45) is 0 Å². The van der Waals surface area contributed by atoms with Gasteiger partial charge in [-0.15, -0.1) is 0 Å². The Bertz CT molecular complexity index is 1340. The average Bonchev–Trinajstić information content (AvgIpc) is 2.81. The fourth-order valence-electron chi connectivity index (χ4n) is 2.78. The number of halogens is 2. The zero-order chi connectivity index (χ0) is 24.7. The lowest BCUT2D eigenvalue weighted by atomic mass is 10.2. The molecule has 0 spiro atoms. The molecule has 0 radical (unpaired) electrons. The predicted molar refractivity (Wildman–Crippen MR) is 133 cm³/mol. The van der Waals surface area contributed by atoms with E-state index in [0.717, 1.165) is 0 Å². The number of ether oxygens (including phenoxy) is 2. The van der Waals surface area contributed by atoms with E-state index in [2.05, 4.69) is 26.0 Å². The smallest absolute Gasteiger partial charge is 0.262 e. The molecular weight excluding hydrogens is 546 g/mol. The van der Waals surface area contributed by atoms with Crippen molar-refractivity contribution >= 4 is 54.8 Å². The Balaban J connectivity index is 1.69. The second-order valence-electron chi connectivity index (χ2n) is 6.80. The molecule has 0 saturated carbocycles. The molecule has 3 aromatic carbocycles. The number of rotatable bonds is 9. The maximum Gasteiger partial charge on any atom is 0.262 e. The number of benzene rings is 3. The van der Waals surface area contributed by atoms with Gasteiger partial charge in [-0.2, -0.15) is 5.26 Å². The molecule has 0 atom stereocenters. The molecule has 0 aliphatic carbocycles. The van der Waals surface area contributed by atoms with Crippen molar-refractivity contribution in [1.29, 1.82) is 5.26 Å². The monoisotopic (exact) mass is 563 g/mol. The molecule has 0 fully saturated rings. The van der Waals surface area contributed by atoms with Crippen molar-refractivity contribution in [2.75, 3.05) is 23.3 Å². The summed E-state index contributed by atoms with van der Waals surface area (Å²) in [5.41, 5.74) is 0.908. The van der Waals surface area contributed by atoms with Crippen LogP contribution in [0.25, 0.3) is 0 Å². The Morgan fingerprint density at radius 2 is 1.82 bits per heavy atom. The zero-order valence-electron chi connectivity index (χ0n) is 17.8. The van der Waals surface area contributed by atoms with Gasteiger partial charge in [-0.1, -0.05) is 11.6 Å². The molecule has 8 nitrogen and oxygen atoms in total. The summed E-state index contributed by atoms with van der Waals surface area (Å²) in [5.74, 6) is 0.455. The first-order chi connectivity index (χ1) is 16.2. The quantitative estimate of drug-likeness (QED) is 0.369. The summed E-state index contributed by atoms with van der Waals surface area (Å²) in [7, 11) is -3.97. The van der Waals surface area contributed by atoms with Gasteiger partial charge < -0.3 is 14.8 Å². The van der Waals surface area contributed by atoms with Gasteiger partial charge in [0.25, 0.3) is 15.9 Å². The van der Waals surface area contributed by atoms with Crippen LogP contribution in [0.3, 0.4) is 0 Å². The molecule has 0 saturated heterocycles. The van der Waals surface area contributed by atoms with Crippen LogP contribution in [0.5, 0.6) is 11.5 Å². The van der Waals surface area contributed by atoms with E-state index in [-0.39, 0.29) is 22.2 Å². The number of nitrogens with one attached hydrogen (secondary N) is 2. The van der Waals surface area contributed by atoms with Crippen LogP contribution < -0.4 is 19.5 Å². The van der Waals surface area contributed by atoms with Crippen LogP contribution in [0.1, 0.15) is 12.5 Å². The summed E-state index contributed by atoms with van der Waals surface area (Å²) in [6.07, 6.45) is 0. The van der Waals surface area contributed by atoms with Crippen LogP contribution in [0.15, 0.2) is 70.0 Å². The molecule has 176 valence electrons. The molecular formula is C23H19BrClN3O5S. The number of sulfonamides is 1. The van der Waals surface area contributed by atoms with Crippen LogP contribution >= 0.6 is 27.5 Å². The lowest BCUT2D eigenvalue weighted by molar-refractivity contribution is -0.118. The van der Waals surface area contributed by atoms with Gasteiger partial charge in [0.05, 0.1) is 44.0 Å². The minimum Gasteiger partial charge on any atom is -0.493 e. The highest BCUT2D eigenvalue weighted by atomic mass is 79.9. The molecule has 0 aliphatic rings. The topological polar surface area (TPSA) is 118 Å². The number of amides is 1. The van der Waals surface area contributed by atoms with Gasteiger partial charge in [0, 0.05) is 0 Å². The molecule has 3 aromatic rings. The van der Waals surface area contributed by atoms with E-state index in [4.69, 9.17) is 26.3 Å².